The van der Waals surface area contributed by atoms with E-state index in [1.165, 1.54) is 32.1 Å². The van der Waals surface area contributed by atoms with E-state index in [4.69, 9.17) is 11.6 Å². The summed E-state index contributed by atoms with van der Waals surface area (Å²) >= 11 is 7.81. The first-order valence-electron chi connectivity index (χ1n) is 7.59. The maximum Gasteiger partial charge on any atom is 0.137 e. The van der Waals surface area contributed by atoms with E-state index in [1.807, 2.05) is 18.3 Å². The van der Waals surface area contributed by atoms with Gasteiger partial charge in [0.15, 0.2) is 0 Å². The molecule has 0 amide bonds. The molecule has 1 aliphatic carbocycles. The molecule has 2 aromatic heterocycles. The van der Waals surface area contributed by atoms with E-state index in [2.05, 4.69) is 15.3 Å². The van der Waals surface area contributed by atoms with Crippen LogP contribution >= 0.6 is 22.9 Å². The molecule has 1 aliphatic rings. The first kappa shape index (κ1) is 14.9. The quantitative estimate of drug-likeness (QED) is 0.822. The fraction of sp³-hybridized carbons (Fsp3) is 0.500. The lowest BCUT2D eigenvalue weighted by Crippen LogP contribution is -2.24. The van der Waals surface area contributed by atoms with Crippen LogP contribution in [0.4, 0.5) is 0 Å². The Bertz CT molecular complexity index is 578. The van der Waals surface area contributed by atoms with Crippen LogP contribution in [0.5, 0.6) is 0 Å². The van der Waals surface area contributed by atoms with Gasteiger partial charge in [-0.1, -0.05) is 30.9 Å². The molecular formula is C16H20ClN3S. The number of thiazole rings is 1. The van der Waals surface area contributed by atoms with E-state index in [1.54, 1.807) is 17.5 Å². The zero-order chi connectivity index (χ0) is 14.5. The summed E-state index contributed by atoms with van der Waals surface area (Å²) in [4.78, 5) is 9.69. The highest BCUT2D eigenvalue weighted by atomic mass is 35.5. The smallest absolute Gasteiger partial charge is 0.137 e. The molecule has 3 nitrogen and oxygen atoms in total. The molecule has 0 spiro atoms. The number of aromatic nitrogens is 2. The third-order valence-electron chi connectivity index (χ3n) is 4.01. The van der Waals surface area contributed by atoms with Crippen LogP contribution in [0.2, 0.25) is 5.15 Å². The maximum atomic E-state index is 6.13. The summed E-state index contributed by atoms with van der Waals surface area (Å²) in [6, 6.07) is 3.89. The van der Waals surface area contributed by atoms with Gasteiger partial charge in [0.25, 0.3) is 0 Å². The van der Waals surface area contributed by atoms with Crippen molar-refractivity contribution in [2.75, 3.05) is 6.54 Å². The number of pyridine rings is 1. The molecule has 0 saturated heterocycles. The molecule has 1 fully saturated rings. The zero-order valence-corrected chi connectivity index (χ0v) is 13.6. The lowest BCUT2D eigenvalue weighted by Gasteiger charge is -2.21. The van der Waals surface area contributed by atoms with E-state index < -0.39 is 0 Å². The number of rotatable bonds is 5. The van der Waals surface area contributed by atoms with Gasteiger partial charge in [0.2, 0.25) is 0 Å². The van der Waals surface area contributed by atoms with Crippen molar-refractivity contribution in [2.24, 2.45) is 5.92 Å². The SMILES string of the molecule is Clc1ncccc1-c1cnc(CNCC2CCCCC2)s1. The Morgan fingerprint density at radius 1 is 1.24 bits per heavy atom. The van der Waals surface area contributed by atoms with Crippen molar-refractivity contribution in [1.29, 1.82) is 0 Å². The Hall–Kier alpha value is -0.970. The largest absolute Gasteiger partial charge is 0.310 e. The third-order valence-corrected chi connectivity index (χ3v) is 5.34. The van der Waals surface area contributed by atoms with E-state index >= 15 is 0 Å². The summed E-state index contributed by atoms with van der Waals surface area (Å²) in [5.74, 6) is 0.853. The first-order valence-corrected chi connectivity index (χ1v) is 8.78. The molecule has 2 heterocycles. The second-order valence-electron chi connectivity index (χ2n) is 5.59. The van der Waals surface area contributed by atoms with Crippen LogP contribution in [-0.2, 0) is 6.54 Å². The maximum absolute atomic E-state index is 6.13. The second-order valence-corrected chi connectivity index (χ2v) is 7.07. The molecule has 1 saturated carbocycles. The summed E-state index contributed by atoms with van der Waals surface area (Å²) in [7, 11) is 0. The van der Waals surface area contributed by atoms with Gasteiger partial charge in [0.05, 0.1) is 4.88 Å². The molecule has 1 N–H and O–H groups in total. The van der Waals surface area contributed by atoms with Gasteiger partial charge in [-0.2, -0.15) is 0 Å². The van der Waals surface area contributed by atoms with Crippen molar-refractivity contribution in [3.05, 3.63) is 34.7 Å². The molecule has 0 bridgehead atoms. The Kier molecular flexibility index (Phi) is 5.22. The molecule has 5 heteroatoms. The molecule has 0 unspecified atom stereocenters. The minimum Gasteiger partial charge on any atom is -0.310 e. The zero-order valence-electron chi connectivity index (χ0n) is 12.0. The standard InChI is InChI=1S/C16H20ClN3S/c17-16-13(7-4-8-19-16)14-10-20-15(21-14)11-18-9-12-5-2-1-3-6-12/h4,7-8,10,12,18H,1-3,5-6,9,11H2. The van der Waals surface area contributed by atoms with Gasteiger partial charge in [0, 0.05) is 24.5 Å². The molecule has 0 radical (unpaired) electrons. The van der Waals surface area contributed by atoms with E-state index in [0.29, 0.717) is 5.15 Å². The average Bonchev–Trinajstić information content (AvgIpc) is 2.97. The van der Waals surface area contributed by atoms with Crippen molar-refractivity contribution in [1.82, 2.24) is 15.3 Å². The lowest BCUT2D eigenvalue weighted by atomic mass is 9.89. The topological polar surface area (TPSA) is 37.8 Å². The molecule has 21 heavy (non-hydrogen) atoms. The van der Waals surface area contributed by atoms with Crippen LogP contribution < -0.4 is 5.32 Å². The van der Waals surface area contributed by atoms with Crippen LogP contribution in [0.25, 0.3) is 10.4 Å². The molecule has 0 atom stereocenters. The normalized spacial score (nSPS) is 16.2. The fourth-order valence-electron chi connectivity index (χ4n) is 2.86. The van der Waals surface area contributed by atoms with Crippen molar-refractivity contribution in [3.8, 4) is 10.4 Å². The first-order chi connectivity index (χ1) is 10.3. The number of halogens is 1. The van der Waals surface area contributed by atoms with Crippen molar-refractivity contribution in [2.45, 2.75) is 38.6 Å². The van der Waals surface area contributed by atoms with Gasteiger partial charge in [0.1, 0.15) is 10.2 Å². The summed E-state index contributed by atoms with van der Waals surface area (Å²) in [5.41, 5.74) is 0.968. The molecule has 112 valence electrons. The van der Waals surface area contributed by atoms with Gasteiger partial charge in [-0.15, -0.1) is 11.3 Å². The highest BCUT2D eigenvalue weighted by Gasteiger charge is 2.13. The van der Waals surface area contributed by atoms with E-state index in [9.17, 15) is 0 Å². The van der Waals surface area contributed by atoms with Gasteiger partial charge < -0.3 is 5.32 Å². The molecule has 0 aliphatic heterocycles. The van der Waals surface area contributed by atoms with E-state index in [-0.39, 0.29) is 0 Å². The van der Waals surface area contributed by atoms with Gasteiger partial charge in [-0.3, -0.25) is 0 Å². The highest BCUT2D eigenvalue weighted by Crippen LogP contribution is 2.30. The number of hydrogen-bond donors (Lipinski definition) is 1. The fourth-order valence-corrected chi connectivity index (χ4v) is 4.05. The predicted molar refractivity (Wildman–Crippen MR) is 88.6 cm³/mol. The van der Waals surface area contributed by atoms with Crippen LogP contribution in [0.15, 0.2) is 24.5 Å². The minimum atomic E-state index is 0.544. The highest BCUT2D eigenvalue weighted by molar-refractivity contribution is 7.15. The average molecular weight is 322 g/mol. The monoisotopic (exact) mass is 321 g/mol. The molecule has 0 aromatic carbocycles. The molecular weight excluding hydrogens is 302 g/mol. The van der Waals surface area contributed by atoms with Gasteiger partial charge >= 0.3 is 0 Å². The molecule has 3 rings (SSSR count). The summed E-state index contributed by atoms with van der Waals surface area (Å²) in [5, 5.41) is 5.21. The van der Waals surface area contributed by atoms with Crippen molar-refractivity contribution < 1.29 is 0 Å². The molecule has 2 aromatic rings. The van der Waals surface area contributed by atoms with Crippen LogP contribution in [-0.4, -0.2) is 16.5 Å². The van der Waals surface area contributed by atoms with Crippen LogP contribution in [0, 0.1) is 5.92 Å². The predicted octanol–water partition coefficient (Wildman–Crippen LogP) is 4.53. The lowest BCUT2D eigenvalue weighted by molar-refractivity contribution is 0.342. The Morgan fingerprint density at radius 2 is 2.10 bits per heavy atom. The second kappa shape index (κ2) is 7.34. The third kappa shape index (κ3) is 4.02. The van der Waals surface area contributed by atoms with Crippen molar-refractivity contribution >= 4 is 22.9 Å². The van der Waals surface area contributed by atoms with Crippen molar-refractivity contribution in [3.63, 3.8) is 0 Å². The van der Waals surface area contributed by atoms with E-state index in [0.717, 1.165) is 34.5 Å². The van der Waals surface area contributed by atoms with Gasteiger partial charge in [-0.25, -0.2) is 9.97 Å². The Balaban J connectivity index is 1.54. The van der Waals surface area contributed by atoms with Crippen LogP contribution in [0.1, 0.15) is 37.1 Å². The Labute approximate surface area is 134 Å². The minimum absolute atomic E-state index is 0.544. The summed E-state index contributed by atoms with van der Waals surface area (Å²) < 4.78 is 0. The van der Waals surface area contributed by atoms with Crippen LogP contribution in [0.3, 0.4) is 0 Å². The van der Waals surface area contributed by atoms with Gasteiger partial charge in [-0.05, 0) is 37.4 Å². The number of nitrogens with zero attached hydrogens (tertiary/aromatic N) is 2. The number of nitrogens with one attached hydrogen (secondary N) is 1. The Morgan fingerprint density at radius 3 is 2.90 bits per heavy atom. The summed E-state index contributed by atoms with van der Waals surface area (Å²) in [6.45, 7) is 1.96. The summed E-state index contributed by atoms with van der Waals surface area (Å²) in [6.07, 6.45) is 10.6. The number of hydrogen-bond acceptors (Lipinski definition) is 4.